The SMILES string of the molecule is C#CC(C)(C)NC(=O)C(N)CC(=O)O. The van der Waals surface area contributed by atoms with Gasteiger partial charge in [-0.2, -0.15) is 0 Å². The van der Waals surface area contributed by atoms with Crippen LogP contribution in [0.2, 0.25) is 0 Å². The zero-order valence-corrected chi connectivity index (χ0v) is 8.20. The van der Waals surface area contributed by atoms with Gasteiger partial charge in [0.1, 0.15) is 0 Å². The standard InChI is InChI=1S/C9H14N2O3/c1-4-9(2,3)11-8(14)6(10)5-7(12)13/h1,6H,5,10H2,2-3H3,(H,11,14)(H,12,13). The van der Waals surface area contributed by atoms with Gasteiger partial charge < -0.3 is 16.2 Å². The number of nitrogens with two attached hydrogens (primary N) is 1. The second-order valence-corrected chi connectivity index (χ2v) is 3.46. The molecule has 0 heterocycles. The Morgan fingerprint density at radius 3 is 2.50 bits per heavy atom. The summed E-state index contributed by atoms with van der Waals surface area (Å²) in [7, 11) is 0. The van der Waals surface area contributed by atoms with Gasteiger partial charge in [-0.1, -0.05) is 5.92 Å². The lowest BCUT2D eigenvalue weighted by molar-refractivity contribution is -0.139. The first-order chi connectivity index (χ1) is 6.28. The third-order valence-electron chi connectivity index (χ3n) is 1.53. The number of aliphatic carboxylic acids is 1. The third-order valence-corrected chi connectivity index (χ3v) is 1.53. The van der Waals surface area contributed by atoms with E-state index in [9.17, 15) is 9.59 Å². The van der Waals surface area contributed by atoms with Gasteiger partial charge in [-0.05, 0) is 13.8 Å². The summed E-state index contributed by atoms with van der Waals surface area (Å²) in [6.07, 6.45) is 4.72. The van der Waals surface area contributed by atoms with Crippen LogP contribution < -0.4 is 11.1 Å². The van der Waals surface area contributed by atoms with Crippen LogP contribution in [0.15, 0.2) is 0 Å². The van der Waals surface area contributed by atoms with Crippen molar-refractivity contribution in [1.82, 2.24) is 5.32 Å². The van der Waals surface area contributed by atoms with Gasteiger partial charge >= 0.3 is 5.97 Å². The van der Waals surface area contributed by atoms with Gasteiger partial charge in [0.2, 0.25) is 5.91 Å². The molecule has 0 aliphatic heterocycles. The highest BCUT2D eigenvalue weighted by Crippen LogP contribution is 2.00. The minimum Gasteiger partial charge on any atom is -0.481 e. The molecule has 78 valence electrons. The molecule has 0 saturated carbocycles. The predicted octanol–water partition coefficient (Wildman–Crippen LogP) is -0.684. The lowest BCUT2D eigenvalue weighted by atomic mass is 10.1. The van der Waals surface area contributed by atoms with Gasteiger partial charge in [-0.25, -0.2) is 0 Å². The number of rotatable bonds is 4. The summed E-state index contributed by atoms with van der Waals surface area (Å²) >= 11 is 0. The molecular weight excluding hydrogens is 184 g/mol. The Bertz CT molecular complexity index is 278. The average molecular weight is 198 g/mol. The molecule has 0 aliphatic carbocycles. The minimum absolute atomic E-state index is 0.410. The lowest BCUT2D eigenvalue weighted by Crippen LogP contribution is -2.50. The van der Waals surface area contributed by atoms with Crippen molar-refractivity contribution in [3.8, 4) is 12.3 Å². The summed E-state index contributed by atoms with van der Waals surface area (Å²) in [6.45, 7) is 3.25. The van der Waals surface area contributed by atoms with E-state index in [1.54, 1.807) is 13.8 Å². The number of hydrogen-bond acceptors (Lipinski definition) is 3. The van der Waals surface area contributed by atoms with E-state index in [0.717, 1.165) is 0 Å². The van der Waals surface area contributed by atoms with E-state index in [1.165, 1.54) is 0 Å². The molecule has 14 heavy (non-hydrogen) atoms. The Labute approximate surface area is 82.7 Å². The van der Waals surface area contributed by atoms with E-state index in [0.29, 0.717) is 0 Å². The molecule has 0 saturated heterocycles. The Kier molecular flexibility index (Phi) is 4.12. The van der Waals surface area contributed by atoms with Gasteiger partial charge in [0.25, 0.3) is 0 Å². The number of nitrogens with one attached hydrogen (secondary N) is 1. The second kappa shape index (κ2) is 4.63. The quantitative estimate of drug-likeness (QED) is 0.522. The maximum absolute atomic E-state index is 11.3. The highest BCUT2D eigenvalue weighted by molar-refractivity contribution is 5.86. The molecule has 0 bridgehead atoms. The van der Waals surface area contributed by atoms with Crippen LogP contribution in [0.4, 0.5) is 0 Å². The minimum atomic E-state index is -1.12. The predicted molar refractivity (Wildman–Crippen MR) is 51.3 cm³/mol. The third kappa shape index (κ3) is 4.48. The molecule has 1 amide bonds. The summed E-state index contributed by atoms with van der Waals surface area (Å²) in [5, 5.41) is 10.8. The van der Waals surface area contributed by atoms with Gasteiger partial charge in [0.05, 0.1) is 18.0 Å². The maximum Gasteiger partial charge on any atom is 0.305 e. The highest BCUT2D eigenvalue weighted by Gasteiger charge is 2.23. The first kappa shape index (κ1) is 12.5. The van der Waals surface area contributed by atoms with Crippen LogP contribution in [0, 0.1) is 12.3 Å². The molecule has 0 radical (unpaired) electrons. The molecule has 5 heteroatoms. The molecule has 0 aliphatic rings. The van der Waals surface area contributed by atoms with E-state index in [1.807, 2.05) is 0 Å². The van der Waals surface area contributed by atoms with Gasteiger partial charge in [-0.3, -0.25) is 9.59 Å². The summed E-state index contributed by atoms with van der Waals surface area (Å²) in [6, 6.07) is -1.07. The smallest absolute Gasteiger partial charge is 0.305 e. The first-order valence-electron chi connectivity index (χ1n) is 4.05. The summed E-state index contributed by atoms with van der Waals surface area (Å²) in [5.41, 5.74) is 4.51. The van der Waals surface area contributed by atoms with Crippen LogP contribution in [0.5, 0.6) is 0 Å². The molecule has 0 aromatic rings. The number of carboxylic acid groups (broad SMARTS) is 1. The number of hydrogen-bond donors (Lipinski definition) is 3. The molecule has 0 aromatic carbocycles. The molecule has 4 N–H and O–H groups in total. The van der Waals surface area contributed by atoms with Crippen molar-refractivity contribution in [3.63, 3.8) is 0 Å². The van der Waals surface area contributed by atoms with Crippen molar-refractivity contribution in [3.05, 3.63) is 0 Å². The van der Waals surface area contributed by atoms with Crippen molar-refractivity contribution in [2.45, 2.75) is 31.8 Å². The number of carbonyl (C=O) groups excluding carboxylic acids is 1. The normalized spacial score (nSPS) is 12.7. The van der Waals surface area contributed by atoms with E-state index in [2.05, 4.69) is 11.2 Å². The topological polar surface area (TPSA) is 92.4 Å². The van der Waals surface area contributed by atoms with Crippen LogP contribution in [0.25, 0.3) is 0 Å². The van der Waals surface area contributed by atoms with Crippen molar-refractivity contribution in [2.75, 3.05) is 0 Å². The van der Waals surface area contributed by atoms with E-state index >= 15 is 0 Å². The fourth-order valence-corrected chi connectivity index (χ4v) is 0.718. The van der Waals surface area contributed by atoms with Crippen molar-refractivity contribution in [2.24, 2.45) is 5.73 Å². The number of terminal acetylenes is 1. The number of carboxylic acids is 1. The summed E-state index contributed by atoms with van der Waals surface area (Å²) in [5.74, 6) is 0.666. The lowest BCUT2D eigenvalue weighted by Gasteiger charge is -2.21. The van der Waals surface area contributed by atoms with Crippen molar-refractivity contribution >= 4 is 11.9 Å². The second-order valence-electron chi connectivity index (χ2n) is 3.46. The Balaban J connectivity index is 4.23. The Hall–Kier alpha value is -1.54. The van der Waals surface area contributed by atoms with Crippen molar-refractivity contribution in [1.29, 1.82) is 0 Å². The van der Waals surface area contributed by atoms with Crippen LogP contribution in [-0.4, -0.2) is 28.6 Å². The van der Waals surface area contributed by atoms with Crippen LogP contribution in [0.3, 0.4) is 0 Å². The van der Waals surface area contributed by atoms with Gasteiger partial charge in [0, 0.05) is 0 Å². The molecular formula is C9H14N2O3. The van der Waals surface area contributed by atoms with E-state index in [-0.39, 0.29) is 0 Å². The maximum atomic E-state index is 11.3. The Morgan fingerprint density at radius 1 is 1.64 bits per heavy atom. The molecule has 0 aromatic heterocycles. The van der Waals surface area contributed by atoms with Crippen LogP contribution in [0.1, 0.15) is 20.3 Å². The average Bonchev–Trinajstić information content (AvgIpc) is 2.02. The largest absolute Gasteiger partial charge is 0.481 e. The van der Waals surface area contributed by atoms with Crippen LogP contribution >= 0.6 is 0 Å². The summed E-state index contributed by atoms with van der Waals surface area (Å²) in [4.78, 5) is 21.5. The summed E-state index contributed by atoms with van der Waals surface area (Å²) < 4.78 is 0. The number of carbonyl (C=O) groups is 2. The van der Waals surface area contributed by atoms with E-state index in [4.69, 9.17) is 17.3 Å². The molecule has 0 spiro atoms. The van der Waals surface area contributed by atoms with Crippen LogP contribution in [-0.2, 0) is 9.59 Å². The molecule has 1 atom stereocenters. The zero-order valence-electron chi connectivity index (χ0n) is 8.20. The zero-order chi connectivity index (χ0) is 11.4. The fraction of sp³-hybridized carbons (Fsp3) is 0.556. The first-order valence-corrected chi connectivity index (χ1v) is 4.05. The molecule has 0 rings (SSSR count). The Morgan fingerprint density at radius 2 is 2.14 bits per heavy atom. The van der Waals surface area contributed by atoms with Gasteiger partial charge in [0.15, 0.2) is 0 Å². The molecule has 5 nitrogen and oxygen atoms in total. The molecule has 0 fully saturated rings. The number of amides is 1. The highest BCUT2D eigenvalue weighted by atomic mass is 16.4. The fourth-order valence-electron chi connectivity index (χ4n) is 0.718. The van der Waals surface area contributed by atoms with E-state index < -0.39 is 29.9 Å². The van der Waals surface area contributed by atoms with Gasteiger partial charge in [-0.15, -0.1) is 6.42 Å². The molecule has 1 unspecified atom stereocenters. The van der Waals surface area contributed by atoms with Crippen molar-refractivity contribution < 1.29 is 14.7 Å². The monoisotopic (exact) mass is 198 g/mol.